The molecule has 2 rings (SSSR count). The van der Waals surface area contributed by atoms with E-state index in [1.807, 2.05) is 43.1 Å². The van der Waals surface area contributed by atoms with Crippen molar-refractivity contribution in [3.05, 3.63) is 47.7 Å². The van der Waals surface area contributed by atoms with E-state index in [4.69, 9.17) is 10.5 Å². The van der Waals surface area contributed by atoms with Crippen LogP contribution in [0.5, 0.6) is 0 Å². The summed E-state index contributed by atoms with van der Waals surface area (Å²) < 4.78 is 4.71. The van der Waals surface area contributed by atoms with Gasteiger partial charge < -0.3 is 15.4 Å². The van der Waals surface area contributed by atoms with Gasteiger partial charge in [0.25, 0.3) is 0 Å². The third-order valence-electron chi connectivity index (χ3n) is 3.09. The Kier molecular flexibility index (Phi) is 3.89. The van der Waals surface area contributed by atoms with Gasteiger partial charge in [-0.05, 0) is 25.1 Å². The summed E-state index contributed by atoms with van der Waals surface area (Å²) in [6, 6.07) is 9.64. The van der Waals surface area contributed by atoms with Crippen LogP contribution in [-0.4, -0.2) is 25.1 Å². The Balaban J connectivity index is 2.37. The molecule has 1 heterocycles. The van der Waals surface area contributed by atoms with Gasteiger partial charge in [-0.3, -0.25) is 0 Å². The predicted molar refractivity (Wildman–Crippen MR) is 79.2 cm³/mol. The van der Waals surface area contributed by atoms with Gasteiger partial charge in [-0.25, -0.2) is 9.78 Å². The molecule has 0 spiro atoms. The third kappa shape index (κ3) is 2.71. The fraction of sp³-hybridized carbons (Fsp3) is 0.200. The number of methoxy groups -OCH3 is 1. The lowest BCUT2D eigenvalue weighted by molar-refractivity contribution is 0.0602. The van der Waals surface area contributed by atoms with Gasteiger partial charge in [0.1, 0.15) is 5.82 Å². The van der Waals surface area contributed by atoms with Gasteiger partial charge in [0.15, 0.2) is 0 Å². The molecule has 5 nitrogen and oxygen atoms in total. The number of anilines is 3. The second kappa shape index (κ2) is 5.61. The van der Waals surface area contributed by atoms with E-state index in [-0.39, 0.29) is 0 Å². The number of nitrogens with two attached hydrogens (primary N) is 1. The minimum atomic E-state index is -0.469. The monoisotopic (exact) mass is 271 g/mol. The van der Waals surface area contributed by atoms with E-state index in [2.05, 4.69) is 4.98 Å². The van der Waals surface area contributed by atoms with Crippen molar-refractivity contribution in [1.29, 1.82) is 0 Å². The zero-order valence-corrected chi connectivity index (χ0v) is 11.8. The first kappa shape index (κ1) is 13.9. The zero-order valence-electron chi connectivity index (χ0n) is 11.8. The summed E-state index contributed by atoms with van der Waals surface area (Å²) in [6.07, 6.45) is 1.46. The summed E-state index contributed by atoms with van der Waals surface area (Å²) >= 11 is 0. The number of pyridine rings is 1. The van der Waals surface area contributed by atoms with Gasteiger partial charge in [0.2, 0.25) is 0 Å². The average molecular weight is 271 g/mol. The zero-order chi connectivity index (χ0) is 14.7. The number of aromatic nitrogens is 1. The predicted octanol–water partition coefficient (Wildman–Crippen LogP) is 2.53. The second-order valence-electron chi connectivity index (χ2n) is 4.52. The van der Waals surface area contributed by atoms with Crippen molar-refractivity contribution < 1.29 is 9.53 Å². The van der Waals surface area contributed by atoms with Crippen molar-refractivity contribution in [2.75, 3.05) is 24.8 Å². The lowest BCUT2D eigenvalue weighted by Crippen LogP contribution is -2.14. The number of nitrogen functional groups attached to an aromatic ring is 1. The highest BCUT2D eigenvalue weighted by atomic mass is 16.5. The van der Waals surface area contributed by atoms with Crippen LogP contribution in [0, 0.1) is 6.92 Å². The Morgan fingerprint density at radius 3 is 2.55 bits per heavy atom. The molecule has 20 heavy (non-hydrogen) atoms. The number of esters is 1. The number of ether oxygens (including phenoxy) is 1. The molecular formula is C15H17N3O2. The van der Waals surface area contributed by atoms with Crippen LogP contribution >= 0.6 is 0 Å². The Labute approximate surface area is 118 Å². The molecule has 0 bridgehead atoms. The molecule has 0 saturated heterocycles. The minimum Gasteiger partial charge on any atom is -0.465 e. The maximum atomic E-state index is 11.6. The number of hydrogen-bond donors (Lipinski definition) is 1. The largest absolute Gasteiger partial charge is 0.465 e. The van der Waals surface area contributed by atoms with E-state index in [0.717, 1.165) is 5.69 Å². The highest BCUT2D eigenvalue weighted by molar-refractivity contribution is 5.95. The van der Waals surface area contributed by atoms with Crippen molar-refractivity contribution in [2.45, 2.75) is 6.92 Å². The fourth-order valence-electron chi connectivity index (χ4n) is 1.83. The normalized spacial score (nSPS) is 10.2. The fourth-order valence-corrected chi connectivity index (χ4v) is 1.83. The van der Waals surface area contributed by atoms with Crippen molar-refractivity contribution in [3.63, 3.8) is 0 Å². The first-order valence-corrected chi connectivity index (χ1v) is 6.17. The third-order valence-corrected chi connectivity index (χ3v) is 3.09. The molecule has 5 heteroatoms. The van der Waals surface area contributed by atoms with E-state index in [1.165, 1.54) is 18.9 Å². The van der Waals surface area contributed by atoms with Crippen LogP contribution in [0.25, 0.3) is 0 Å². The molecule has 0 aliphatic carbocycles. The van der Waals surface area contributed by atoms with Crippen LogP contribution in [0.15, 0.2) is 36.5 Å². The number of benzene rings is 1. The quantitative estimate of drug-likeness (QED) is 0.869. The lowest BCUT2D eigenvalue weighted by Gasteiger charge is -2.19. The smallest absolute Gasteiger partial charge is 0.340 e. The van der Waals surface area contributed by atoms with Crippen LogP contribution in [0.2, 0.25) is 0 Å². The summed E-state index contributed by atoms with van der Waals surface area (Å²) in [7, 11) is 3.20. The summed E-state index contributed by atoms with van der Waals surface area (Å²) in [5.74, 6) is 0.159. The van der Waals surface area contributed by atoms with Gasteiger partial charge in [-0.2, -0.15) is 0 Å². The van der Waals surface area contributed by atoms with E-state index in [0.29, 0.717) is 17.1 Å². The molecule has 0 fully saturated rings. The van der Waals surface area contributed by atoms with Gasteiger partial charge in [0.05, 0.1) is 24.6 Å². The van der Waals surface area contributed by atoms with Crippen molar-refractivity contribution in [1.82, 2.24) is 4.98 Å². The average Bonchev–Trinajstić information content (AvgIpc) is 2.47. The molecule has 0 atom stereocenters. The Bertz CT molecular complexity index is 624. The lowest BCUT2D eigenvalue weighted by atomic mass is 10.2. The summed E-state index contributed by atoms with van der Waals surface area (Å²) in [4.78, 5) is 17.8. The SMILES string of the molecule is COC(=O)c1cc(N(C)c2ccc(C)cc2)ncc1N. The molecule has 0 aliphatic rings. The van der Waals surface area contributed by atoms with Crippen LogP contribution in [0.1, 0.15) is 15.9 Å². The molecule has 1 aromatic heterocycles. The van der Waals surface area contributed by atoms with Crippen molar-refractivity contribution in [3.8, 4) is 0 Å². The van der Waals surface area contributed by atoms with Crippen LogP contribution < -0.4 is 10.6 Å². The summed E-state index contributed by atoms with van der Waals surface area (Å²) in [5.41, 5.74) is 8.52. The molecule has 2 N–H and O–H groups in total. The first-order valence-electron chi connectivity index (χ1n) is 6.17. The molecule has 0 aliphatic heterocycles. The topological polar surface area (TPSA) is 68.5 Å². The molecule has 2 aromatic rings. The number of hydrogen-bond acceptors (Lipinski definition) is 5. The number of rotatable bonds is 3. The van der Waals surface area contributed by atoms with Crippen molar-refractivity contribution in [2.24, 2.45) is 0 Å². The van der Waals surface area contributed by atoms with Gasteiger partial charge >= 0.3 is 5.97 Å². The van der Waals surface area contributed by atoms with E-state index < -0.39 is 5.97 Å². The van der Waals surface area contributed by atoms with Crippen LogP contribution in [0.4, 0.5) is 17.2 Å². The van der Waals surface area contributed by atoms with Gasteiger partial charge in [0, 0.05) is 12.7 Å². The second-order valence-corrected chi connectivity index (χ2v) is 4.52. The first-order chi connectivity index (χ1) is 9.52. The number of carbonyl (C=O) groups is 1. The van der Waals surface area contributed by atoms with E-state index in [9.17, 15) is 4.79 Å². The molecular weight excluding hydrogens is 254 g/mol. The Morgan fingerprint density at radius 2 is 1.95 bits per heavy atom. The van der Waals surface area contributed by atoms with Gasteiger partial charge in [-0.1, -0.05) is 17.7 Å². The van der Waals surface area contributed by atoms with Crippen LogP contribution in [0.3, 0.4) is 0 Å². The highest BCUT2D eigenvalue weighted by Crippen LogP contribution is 2.24. The molecule has 0 radical (unpaired) electrons. The maximum absolute atomic E-state index is 11.6. The Hall–Kier alpha value is -2.56. The molecule has 104 valence electrons. The highest BCUT2D eigenvalue weighted by Gasteiger charge is 2.14. The standard InChI is InChI=1S/C15H17N3O2/c1-10-4-6-11(7-5-10)18(2)14-8-12(15(19)20-3)13(16)9-17-14/h4-9H,16H2,1-3H3. The van der Waals surface area contributed by atoms with E-state index >= 15 is 0 Å². The number of aryl methyl sites for hydroxylation is 1. The molecule has 1 aromatic carbocycles. The summed E-state index contributed by atoms with van der Waals surface area (Å²) in [5, 5.41) is 0. The molecule has 0 unspecified atom stereocenters. The maximum Gasteiger partial charge on any atom is 0.340 e. The minimum absolute atomic E-state index is 0.304. The Morgan fingerprint density at radius 1 is 1.30 bits per heavy atom. The molecule has 0 amide bonds. The van der Waals surface area contributed by atoms with Crippen molar-refractivity contribution >= 4 is 23.2 Å². The number of carbonyl (C=O) groups excluding carboxylic acids is 1. The molecule has 0 saturated carbocycles. The number of nitrogens with zero attached hydrogens (tertiary/aromatic N) is 2. The van der Waals surface area contributed by atoms with Gasteiger partial charge in [-0.15, -0.1) is 0 Å². The van der Waals surface area contributed by atoms with E-state index in [1.54, 1.807) is 6.07 Å². The van der Waals surface area contributed by atoms with Crippen LogP contribution in [-0.2, 0) is 4.74 Å². The summed E-state index contributed by atoms with van der Waals surface area (Å²) in [6.45, 7) is 2.03.